The van der Waals surface area contributed by atoms with Crippen LogP contribution < -0.4 is 5.32 Å². The van der Waals surface area contributed by atoms with E-state index in [1.165, 1.54) is 18.5 Å². The minimum absolute atomic E-state index is 0.132. The molecule has 5 heteroatoms. The van der Waals surface area contributed by atoms with Crippen LogP contribution in [0.3, 0.4) is 0 Å². The quantitative estimate of drug-likeness (QED) is 0.903. The summed E-state index contributed by atoms with van der Waals surface area (Å²) < 4.78 is 26.4. The Balaban J connectivity index is 2.21. The summed E-state index contributed by atoms with van der Waals surface area (Å²) in [5, 5.41) is 3.06. The predicted molar refractivity (Wildman–Crippen MR) is 63.9 cm³/mol. The molecule has 0 aliphatic rings. The van der Waals surface area contributed by atoms with Crippen molar-refractivity contribution < 1.29 is 8.78 Å². The summed E-state index contributed by atoms with van der Waals surface area (Å²) in [5.41, 5.74) is 1.23. The molecule has 18 heavy (non-hydrogen) atoms. The first-order valence-corrected chi connectivity index (χ1v) is 5.58. The van der Waals surface area contributed by atoms with Gasteiger partial charge < -0.3 is 5.32 Å². The highest BCUT2D eigenvalue weighted by Gasteiger charge is 2.14. The molecule has 0 bridgehead atoms. The van der Waals surface area contributed by atoms with Crippen molar-refractivity contribution >= 4 is 0 Å². The van der Waals surface area contributed by atoms with Crippen molar-refractivity contribution in [1.82, 2.24) is 15.3 Å². The lowest BCUT2D eigenvalue weighted by Crippen LogP contribution is -2.20. The molecule has 0 saturated heterocycles. The van der Waals surface area contributed by atoms with Crippen molar-refractivity contribution in [3.8, 4) is 0 Å². The van der Waals surface area contributed by atoms with Crippen LogP contribution in [0.5, 0.6) is 0 Å². The van der Waals surface area contributed by atoms with E-state index in [2.05, 4.69) is 15.3 Å². The molecule has 0 aliphatic carbocycles. The van der Waals surface area contributed by atoms with Crippen LogP contribution in [0.1, 0.15) is 17.3 Å². The van der Waals surface area contributed by atoms with Gasteiger partial charge in [-0.1, -0.05) is 6.07 Å². The largest absolute Gasteiger partial charge is 0.311 e. The number of rotatable bonds is 4. The third-order valence-electron chi connectivity index (χ3n) is 2.75. The minimum Gasteiger partial charge on any atom is -0.311 e. The Morgan fingerprint density at radius 2 is 2.11 bits per heavy atom. The van der Waals surface area contributed by atoms with E-state index in [1.54, 1.807) is 19.3 Å². The third-order valence-corrected chi connectivity index (χ3v) is 2.75. The Labute approximate surface area is 104 Å². The Bertz CT molecular complexity index is 517. The van der Waals surface area contributed by atoms with Crippen LogP contribution in [-0.4, -0.2) is 17.0 Å². The number of nitrogens with one attached hydrogen (secondary N) is 1. The molecule has 2 rings (SSSR count). The van der Waals surface area contributed by atoms with Gasteiger partial charge in [0.05, 0.1) is 11.7 Å². The molecule has 1 aromatic carbocycles. The normalized spacial score (nSPS) is 12.4. The lowest BCUT2D eigenvalue weighted by atomic mass is 10.0. The fourth-order valence-corrected chi connectivity index (χ4v) is 1.77. The van der Waals surface area contributed by atoms with Crippen LogP contribution in [0.25, 0.3) is 0 Å². The smallest absolute Gasteiger partial charge is 0.129 e. The summed E-state index contributed by atoms with van der Waals surface area (Å²) in [6.07, 6.45) is 3.48. The van der Waals surface area contributed by atoms with Crippen LogP contribution in [0.2, 0.25) is 0 Å². The number of hydrogen-bond acceptors (Lipinski definition) is 3. The highest BCUT2D eigenvalue weighted by molar-refractivity contribution is 5.21. The summed E-state index contributed by atoms with van der Waals surface area (Å²) >= 11 is 0. The minimum atomic E-state index is -0.570. The lowest BCUT2D eigenvalue weighted by molar-refractivity contribution is 0.533. The highest BCUT2D eigenvalue weighted by atomic mass is 19.1. The van der Waals surface area contributed by atoms with E-state index < -0.39 is 11.6 Å². The second-order valence-electron chi connectivity index (χ2n) is 3.92. The molecule has 0 aliphatic heterocycles. The van der Waals surface area contributed by atoms with E-state index in [0.717, 1.165) is 11.8 Å². The SMILES string of the molecule is CNC(Cc1ccc(F)cc1F)c1ccncn1. The average molecular weight is 249 g/mol. The molecule has 3 nitrogen and oxygen atoms in total. The summed E-state index contributed by atoms with van der Waals surface area (Å²) in [6.45, 7) is 0. The maximum Gasteiger partial charge on any atom is 0.129 e. The molecule has 0 spiro atoms. The van der Waals surface area contributed by atoms with Crippen LogP contribution in [0, 0.1) is 11.6 Å². The van der Waals surface area contributed by atoms with Gasteiger partial charge in [0.1, 0.15) is 18.0 Å². The van der Waals surface area contributed by atoms with Gasteiger partial charge in [-0.25, -0.2) is 18.7 Å². The fraction of sp³-hybridized carbons (Fsp3) is 0.231. The first-order valence-electron chi connectivity index (χ1n) is 5.58. The lowest BCUT2D eigenvalue weighted by Gasteiger charge is -2.15. The van der Waals surface area contributed by atoms with E-state index in [0.29, 0.717) is 12.0 Å². The first kappa shape index (κ1) is 12.6. The molecular weight excluding hydrogens is 236 g/mol. The number of nitrogens with zero attached hydrogens (tertiary/aromatic N) is 2. The monoisotopic (exact) mass is 249 g/mol. The molecule has 1 atom stereocenters. The van der Waals surface area contributed by atoms with Crippen molar-refractivity contribution in [1.29, 1.82) is 0 Å². The van der Waals surface area contributed by atoms with Gasteiger partial charge >= 0.3 is 0 Å². The Morgan fingerprint density at radius 3 is 2.72 bits per heavy atom. The molecular formula is C13H13F2N3. The Hall–Kier alpha value is -1.88. The van der Waals surface area contributed by atoms with E-state index in [9.17, 15) is 8.78 Å². The number of aromatic nitrogens is 2. The molecule has 1 aromatic heterocycles. The summed E-state index contributed by atoms with van der Waals surface area (Å²) in [6, 6.07) is 5.24. The highest BCUT2D eigenvalue weighted by Crippen LogP contribution is 2.18. The second kappa shape index (κ2) is 5.64. The second-order valence-corrected chi connectivity index (χ2v) is 3.92. The van der Waals surface area contributed by atoms with Gasteiger partial charge in [0.15, 0.2) is 0 Å². The summed E-state index contributed by atoms with van der Waals surface area (Å²) in [5.74, 6) is -1.11. The molecule has 2 aromatic rings. The summed E-state index contributed by atoms with van der Waals surface area (Å²) in [7, 11) is 1.77. The summed E-state index contributed by atoms with van der Waals surface area (Å²) in [4.78, 5) is 7.96. The van der Waals surface area contributed by atoms with Gasteiger partial charge in [-0.2, -0.15) is 0 Å². The first-order chi connectivity index (χ1) is 8.70. The van der Waals surface area contributed by atoms with Gasteiger partial charge in [0.25, 0.3) is 0 Å². The predicted octanol–water partition coefficient (Wildman–Crippen LogP) is 2.26. The van der Waals surface area contributed by atoms with Crippen LogP contribution in [0.4, 0.5) is 8.78 Å². The average Bonchev–Trinajstić information content (AvgIpc) is 2.39. The van der Waals surface area contributed by atoms with Gasteiger partial charge in [0.2, 0.25) is 0 Å². The Kier molecular flexibility index (Phi) is 3.94. The van der Waals surface area contributed by atoms with Crippen LogP contribution in [0.15, 0.2) is 36.8 Å². The van der Waals surface area contributed by atoms with E-state index in [1.807, 2.05) is 0 Å². The van der Waals surface area contributed by atoms with Gasteiger partial charge in [-0.15, -0.1) is 0 Å². The molecule has 1 heterocycles. The number of halogens is 2. The van der Waals surface area contributed by atoms with Gasteiger partial charge in [-0.3, -0.25) is 0 Å². The zero-order chi connectivity index (χ0) is 13.0. The standard InChI is InChI=1S/C13H13F2N3/c1-16-13(12-4-5-17-8-18-12)6-9-2-3-10(14)7-11(9)15/h2-5,7-8,13,16H,6H2,1H3. The van der Waals surface area contributed by atoms with E-state index in [4.69, 9.17) is 0 Å². The topological polar surface area (TPSA) is 37.8 Å². The molecule has 0 fully saturated rings. The van der Waals surface area contributed by atoms with Crippen molar-refractivity contribution in [2.45, 2.75) is 12.5 Å². The van der Waals surface area contributed by atoms with Gasteiger partial charge in [0, 0.05) is 12.3 Å². The van der Waals surface area contributed by atoms with Crippen molar-refractivity contribution in [3.05, 3.63) is 59.7 Å². The number of likely N-dealkylation sites (N-methyl/N-ethyl adjacent to an activating group) is 1. The number of benzene rings is 1. The molecule has 0 radical (unpaired) electrons. The fourth-order valence-electron chi connectivity index (χ4n) is 1.77. The third kappa shape index (κ3) is 2.87. The van der Waals surface area contributed by atoms with E-state index >= 15 is 0 Å². The van der Waals surface area contributed by atoms with Crippen molar-refractivity contribution in [2.24, 2.45) is 0 Å². The number of hydrogen-bond donors (Lipinski definition) is 1. The van der Waals surface area contributed by atoms with E-state index in [-0.39, 0.29) is 6.04 Å². The molecule has 1 unspecified atom stereocenters. The van der Waals surface area contributed by atoms with Crippen LogP contribution >= 0.6 is 0 Å². The molecule has 94 valence electrons. The van der Waals surface area contributed by atoms with Gasteiger partial charge in [-0.05, 0) is 31.2 Å². The van der Waals surface area contributed by atoms with Crippen molar-refractivity contribution in [2.75, 3.05) is 7.05 Å². The molecule has 1 N–H and O–H groups in total. The maximum atomic E-state index is 13.6. The Morgan fingerprint density at radius 1 is 1.28 bits per heavy atom. The maximum absolute atomic E-state index is 13.6. The zero-order valence-electron chi connectivity index (χ0n) is 9.90. The van der Waals surface area contributed by atoms with Crippen molar-refractivity contribution in [3.63, 3.8) is 0 Å². The molecule has 0 amide bonds. The molecule has 0 saturated carbocycles. The zero-order valence-corrected chi connectivity index (χ0v) is 9.90. The van der Waals surface area contributed by atoms with Crippen LogP contribution in [-0.2, 0) is 6.42 Å².